The molecule has 4 aromatic rings. The lowest BCUT2D eigenvalue weighted by Crippen LogP contribution is -2.18. The van der Waals surface area contributed by atoms with Gasteiger partial charge in [0.1, 0.15) is 11.5 Å². The first-order valence-corrected chi connectivity index (χ1v) is 9.94. The van der Waals surface area contributed by atoms with E-state index in [2.05, 4.69) is 0 Å². The van der Waals surface area contributed by atoms with Crippen LogP contribution in [-0.4, -0.2) is 21.4 Å². The van der Waals surface area contributed by atoms with Gasteiger partial charge < -0.3 is 9.84 Å². The second kappa shape index (κ2) is 8.91. The number of nitrogens with zero attached hydrogens (tertiary/aromatic N) is 1. The number of rotatable bonds is 5. The summed E-state index contributed by atoms with van der Waals surface area (Å²) in [6.07, 6.45) is 1.39. The fraction of sp³-hybridized carbons (Fsp3) is 0. The predicted octanol–water partition coefficient (Wildman–Crippen LogP) is 4.65. The Morgan fingerprint density at radius 3 is 2.34 bits per heavy atom. The minimum Gasteiger partial charge on any atom is -0.507 e. The molecular formula is C25H16ClNO5. The minimum absolute atomic E-state index is 0.000744. The van der Waals surface area contributed by atoms with Gasteiger partial charge in [0.25, 0.3) is 5.56 Å². The number of pyridine rings is 1. The summed E-state index contributed by atoms with van der Waals surface area (Å²) in [5.41, 5.74) is 0.714. The van der Waals surface area contributed by atoms with Crippen LogP contribution in [0.4, 0.5) is 0 Å². The summed E-state index contributed by atoms with van der Waals surface area (Å²) in [7, 11) is 0. The van der Waals surface area contributed by atoms with Gasteiger partial charge >= 0.3 is 5.97 Å². The number of hydrogen-bond donors (Lipinski definition) is 1. The Morgan fingerprint density at radius 1 is 0.844 bits per heavy atom. The Labute approximate surface area is 187 Å². The average molecular weight is 446 g/mol. The second-order valence-electron chi connectivity index (χ2n) is 6.87. The zero-order valence-electron chi connectivity index (χ0n) is 16.6. The SMILES string of the molecule is O=C(Oc1ccc(C(=O)c2ccc(=O)n(-c3cccc(Cl)c3)c2)c(O)c1)c1ccccc1. The van der Waals surface area contributed by atoms with E-state index in [1.54, 1.807) is 54.6 Å². The molecule has 1 heterocycles. The third-order valence-electron chi connectivity index (χ3n) is 4.69. The van der Waals surface area contributed by atoms with E-state index in [0.717, 1.165) is 0 Å². The lowest BCUT2D eigenvalue weighted by Gasteiger charge is -2.10. The first kappa shape index (κ1) is 21.1. The highest BCUT2D eigenvalue weighted by atomic mass is 35.5. The molecule has 0 atom stereocenters. The molecule has 4 rings (SSSR count). The van der Waals surface area contributed by atoms with Crippen LogP contribution in [0.3, 0.4) is 0 Å². The summed E-state index contributed by atoms with van der Waals surface area (Å²) in [5, 5.41) is 10.8. The Hall–Kier alpha value is -4.16. The zero-order valence-corrected chi connectivity index (χ0v) is 17.3. The number of hydrogen-bond acceptors (Lipinski definition) is 5. The molecule has 0 saturated heterocycles. The van der Waals surface area contributed by atoms with Crippen LogP contribution in [0.25, 0.3) is 5.69 Å². The van der Waals surface area contributed by atoms with Crippen LogP contribution in [0.2, 0.25) is 5.02 Å². The summed E-state index contributed by atoms with van der Waals surface area (Å²) in [6, 6.07) is 21.7. The van der Waals surface area contributed by atoms with Crippen molar-refractivity contribution >= 4 is 23.4 Å². The number of carbonyl (C=O) groups is 2. The van der Waals surface area contributed by atoms with Gasteiger partial charge in [-0.15, -0.1) is 0 Å². The Kier molecular flexibility index (Phi) is 5.87. The molecule has 3 aromatic carbocycles. The number of halogens is 1. The highest BCUT2D eigenvalue weighted by Crippen LogP contribution is 2.26. The highest BCUT2D eigenvalue weighted by molar-refractivity contribution is 6.30. The first-order valence-electron chi connectivity index (χ1n) is 9.56. The van der Waals surface area contributed by atoms with Gasteiger partial charge in [-0.3, -0.25) is 14.2 Å². The molecule has 0 aliphatic heterocycles. The van der Waals surface area contributed by atoms with E-state index in [1.807, 2.05) is 0 Å². The summed E-state index contributed by atoms with van der Waals surface area (Å²) in [6.45, 7) is 0. The van der Waals surface area contributed by atoms with E-state index in [1.165, 1.54) is 41.1 Å². The number of carbonyl (C=O) groups excluding carboxylic acids is 2. The van der Waals surface area contributed by atoms with Gasteiger partial charge in [-0.25, -0.2) is 4.79 Å². The number of benzene rings is 3. The molecule has 0 radical (unpaired) electrons. The lowest BCUT2D eigenvalue weighted by molar-refractivity contribution is 0.0734. The quantitative estimate of drug-likeness (QED) is 0.274. The monoisotopic (exact) mass is 445 g/mol. The molecule has 0 fully saturated rings. The van der Waals surface area contributed by atoms with E-state index in [-0.39, 0.29) is 28.2 Å². The molecule has 1 aromatic heterocycles. The summed E-state index contributed by atoms with van der Waals surface area (Å²) in [4.78, 5) is 37.4. The Balaban J connectivity index is 1.60. The zero-order chi connectivity index (χ0) is 22.7. The number of phenolic OH excluding ortho intramolecular Hbond substituents is 1. The van der Waals surface area contributed by atoms with E-state index < -0.39 is 11.8 Å². The van der Waals surface area contributed by atoms with Gasteiger partial charge in [-0.05, 0) is 48.5 Å². The van der Waals surface area contributed by atoms with Crippen molar-refractivity contribution in [1.82, 2.24) is 4.57 Å². The maximum Gasteiger partial charge on any atom is 0.343 e. The maximum atomic E-state index is 13.0. The molecular weight excluding hydrogens is 430 g/mol. The Bertz CT molecular complexity index is 1380. The van der Waals surface area contributed by atoms with Crippen LogP contribution in [0.15, 0.2) is 95.9 Å². The number of esters is 1. The summed E-state index contributed by atoms with van der Waals surface area (Å²) in [5.74, 6) is -1.34. The van der Waals surface area contributed by atoms with Crippen molar-refractivity contribution in [2.24, 2.45) is 0 Å². The highest BCUT2D eigenvalue weighted by Gasteiger charge is 2.17. The smallest absolute Gasteiger partial charge is 0.343 e. The van der Waals surface area contributed by atoms with Gasteiger partial charge in [-0.1, -0.05) is 35.9 Å². The topological polar surface area (TPSA) is 85.6 Å². The van der Waals surface area contributed by atoms with Crippen LogP contribution in [0.1, 0.15) is 26.3 Å². The largest absolute Gasteiger partial charge is 0.507 e. The first-order chi connectivity index (χ1) is 15.4. The second-order valence-corrected chi connectivity index (χ2v) is 7.31. The van der Waals surface area contributed by atoms with Gasteiger partial charge in [-0.2, -0.15) is 0 Å². The van der Waals surface area contributed by atoms with Crippen LogP contribution < -0.4 is 10.3 Å². The molecule has 32 heavy (non-hydrogen) atoms. The lowest BCUT2D eigenvalue weighted by atomic mass is 10.0. The van der Waals surface area contributed by atoms with Gasteiger partial charge in [0.15, 0.2) is 5.78 Å². The van der Waals surface area contributed by atoms with E-state index in [0.29, 0.717) is 16.3 Å². The molecule has 0 aliphatic rings. The summed E-state index contributed by atoms with van der Waals surface area (Å²) >= 11 is 6.00. The molecule has 0 bridgehead atoms. The minimum atomic E-state index is -0.585. The third kappa shape index (κ3) is 4.45. The van der Waals surface area contributed by atoms with E-state index >= 15 is 0 Å². The standard InChI is InChI=1S/C25H16ClNO5/c26-18-7-4-8-19(13-18)27-15-17(9-12-23(27)29)24(30)21-11-10-20(14-22(21)28)32-25(31)16-5-2-1-3-6-16/h1-15,28H. The molecule has 158 valence electrons. The average Bonchev–Trinajstić information content (AvgIpc) is 2.79. The molecule has 0 amide bonds. The van der Waals surface area contributed by atoms with Gasteiger partial charge in [0.05, 0.1) is 16.8 Å². The number of ketones is 1. The fourth-order valence-corrected chi connectivity index (χ4v) is 3.30. The van der Waals surface area contributed by atoms with Crippen molar-refractivity contribution < 1.29 is 19.4 Å². The van der Waals surface area contributed by atoms with Crippen molar-refractivity contribution in [1.29, 1.82) is 0 Å². The predicted molar refractivity (Wildman–Crippen MR) is 120 cm³/mol. The summed E-state index contributed by atoms with van der Waals surface area (Å²) < 4.78 is 6.56. The fourth-order valence-electron chi connectivity index (χ4n) is 3.11. The molecule has 7 heteroatoms. The third-order valence-corrected chi connectivity index (χ3v) is 4.93. The van der Waals surface area contributed by atoms with Crippen LogP contribution in [0.5, 0.6) is 11.5 Å². The number of aromatic hydroxyl groups is 1. The van der Waals surface area contributed by atoms with Gasteiger partial charge in [0.2, 0.25) is 0 Å². The van der Waals surface area contributed by atoms with Crippen LogP contribution in [-0.2, 0) is 0 Å². The molecule has 0 saturated carbocycles. The van der Waals surface area contributed by atoms with E-state index in [9.17, 15) is 19.5 Å². The van der Waals surface area contributed by atoms with Crippen molar-refractivity contribution in [3.05, 3.63) is 123 Å². The van der Waals surface area contributed by atoms with Crippen molar-refractivity contribution in [2.75, 3.05) is 0 Å². The van der Waals surface area contributed by atoms with Crippen LogP contribution >= 0.6 is 11.6 Å². The van der Waals surface area contributed by atoms with Crippen molar-refractivity contribution in [2.45, 2.75) is 0 Å². The normalized spacial score (nSPS) is 10.5. The van der Waals surface area contributed by atoms with Crippen LogP contribution in [0, 0.1) is 0 Å². The molecule has 0 spiro atoms. The number of phenols is 1. The van der Waals surface area contributed by atoms with Gasteiger partial charge in [0, 0.05) is 28.9 Å². The maximum absolute atomic E-state index is 13.0. The molecule has 0 aliphatic carbocycles. The molecule has 0 unspecified atom stereocenters. The number of ether oxygens (including phenoxy) is 1. The van der Waals surface area contributed by atoms with Crippen molar-refractivity contribution in [3.63, 3.8) is 0 Å². The van der Waals surface area contributed by atoms with E-state index in [4.69, 9.17) is 16.3 Å². The van der Waals surface area contributed by atoms with Crippen molar-refractivity contribution in [3.8, 4) is 17.2 Å². The molecule has 6 nitrogen and oxygen atoms in total. The Morgan fingerprint density at radius 2 is 1.62 bits per heavy atom. The number of aromatic nitrogens is 1. The molecule has 1 N–H and O–H groups in total.